The summed E-state index contributed by atoms with van der Waals surface area (Å²) in [4.78, 5) is 7.36. The molecule has 1 saturated heterocycles. The van der Waals surface area contributed by atoms with Gasteiger partial charge in [-0.1, -0.05) is 12.8 Å². The maximum absolute atomic E-state index is 5.90. The molecule has 4 heteroatoms. The number of nitrogens with two attached hydrogens (primary N) is 1. The van der Waals surface area contributed by atoms with Crippen LogP contribution in [0, 0.1) is 5.92 Å². The van der Waals surface area contributed by atoms with Gasteiger partial charge in [0.25, 0.3) is 0 Å². The van der Waals surface area contributed by atoms with Crippen LogP contribution in [0.25, 0.3) is 0 Å². The minimum Gasteiger partial charge on any atom is -0.322 e. The van der Waals surface area contributed by atoms with E-state index in [0.29, 0.717) is 0 Å². The van der Waals surface area contributed by atoms with Crippen molar-refractivity contribution in [3.63, 3.8) is 0 Å². The monoisotopic (exact) mass is 279 g/mol. The number of nitrogens with zero attached hydrogens (tertiary/aromatic N) is 2. The van der Waals surface area contributed by atoms with Crippen LogP contribution in [0.2, 0.25) is 0 Å². The molecule has 1 aromatic rings. The summed E-state index contributed by atoms with van der Waals surface area (Å²) in [5.41, 5.74) is 7.12. The maximum atomic E-state index is 5.90. The molecule has 1 aliphatic carbocycles. The zero-order valence-corrected chi connectivity index (χ0v) is 12.7. The molecule has 1 saturated carbocycles. The Morgan fingerprint density at radius 3 is 2.84 bits per heavy atom. The highest BCUT2D eigenvalue weighted by Gasteiger charge is 2.33. The summed E-state index contributed by atoms with van der Waals surface area (Å²) in [6, 6.07) is 0.894. The zero-order chi connectivity index (χ0) is 13.2. The van der Waals surface area contributed by atoms with Crippen molar-refractivity contribution in [2.45, 2.75) is 64.1 Å². The first-order valence-corrected chi connectivity index (χ1v) is 8.56. The van der Waals surface area contributed by atoms with Crippen LogP contribution in [0.1, 0.15) is 62.2 Å². The van der Waals surface area contributed by atoms with Crippen LogP contribution in [0.4, 0.5) is 0 Å². The average Bonchev–Trinajstić information content (AvgIpc) is 3.09. The fraction of sp³-hybridized carbons (Fsp3) is 0.800. The van der Waals surface area contributed by atoms with Crippen molar-refractivity contribution >= 4 is 11.3 Å². The normalized spacial score (nSPS) is 27.2. The predicted octanol–water partition coefficient (Wildman–Crippen LogP) is 3.32. The van der Waals surface area contributed by atoms with Gasteiger partial charge in [0.2, 0.25) is 0 Å². The molecule has 1 aliphatic heterocycles. The second-order valence-corrected chi connectivity index (χ2v) is 7.08. The van der Waals surface area contributed by atoms with Crippen molar-refractivity contribution in [2.75, 3.05) is 6.54 Å². The Hall–Kier alpha value is -0.450. The molecule has 1 aromatic heterocycles. The first kappa shape index (κ1) is 13.5. The first-order valence-electron chi connectivity index (χ1n) is 7.68. The van der Waals surface area contributed by atoms with Gasteiger partial charge in [-0.25, -0.2) is 4.98 Å². The molecule has 0 aromatic carbocycles. The molecule has 0 bridgehead atoms. The molecule has 0 spiro atoms. The van der Waals surface area contributed by atoms with Gasteiger partial charge in [0.05, 0.1) is 11.7 Å². The molecular weight excluding hydrogens is 254 g/mol. The Morgan fingerprint density at radius 2 is 2.16 bits per heavy atom. The van der Waals surface area contributed by atoms with Crippen LogP contribution in [0.15, 0.2) is 5.38 Å². The summed E-state index contributed by atoms with van der Waals surface area (Å²) in [5.74, 6) is 0.953. The van der Waals surface area contributed by atoms with Crippen LogP contribution < -0.4 is 5.73 Å². The van der Waals surface area contributed by atoms with Crippen molar-refractivity contribution in [1.29, 1.82) is 0 Å². The van der Waals surface area contributed by atoms with Crippen molar-refractivity contribution in [3.8, 4) is 0 Å². The third kappa shape index (κ3) is 3.01. The van der Waals surface area contributed by atoms with E-state index in [1.54, 1.807) is 11.3 Å². The summed E-state index contributed by atoms with van der Waals surface area (Å²) in [7, 11) is 0. The lowest BCUT2D eigenvalue weighted by atomic mass is 9.96. The van der Waals surface area contributed by atoms with Crippen LogP contribution in [0.3, 0.4) is 0 Å². The third-order valence-corrected chi connectivity index (χ3v) is 5.78. The van der Waals surface area contributed by atoms with E-state index in [1.165, 1.54) is 50.8 Å². The molecule has 2 unspecified atom stereocenters. The molecule has 2 fully saturated rings. The molecular formula is C15H25N3S. The van der Waals surface area contributed by atoms with Crippen LogP contribution in [-0.4, -0.2) is 22.5 Å². The van der Waals surface area contributed by atoms with E-state index in [-0.39, 0.29) is 6.04 Å². The van der Waals surface area contributed by atoms with Gasteiger partial charge >= 0.3 is 0 Å². The Morgan fingerprint density at radius 1 is 1.37 bits per heavy atom. The molecule has 3 rings (SSSR count). The van der Waals surface area contributed by atoms with Gasteiger partial charge in [-0.05, 0) is 45.1 Å². The van der Waals surface area contributed by atoms with Crippen molar-refractivity contribution in [3.05, 3.63) is 16.1 Å². The maximum Gasteiger partial charge on any atom is 0.109 e. The highest BCUT2D eigenvalue weighted by Crippen LogP contribution is 2.36. The van der Waals surface area contributed by atoms with E-state index in [4.69, 9.17) is 5.73 Å². The van der Waals surface area contributed by atoms with Gasteiger partial charge in [-0.3, -0.25) is 4.90 Å². The zero-order valence-electron chi connectivity index (χ0n) is 11.8. The summed E-state index contributed by atoms with van der Waals surface area (Å²) in [6.07, 6.45) is 8.55. The van der Waals surface area contributed by atoms with Gasteiger partial charge < -0.3 is 5.73 Å². The van der Waals surface area contributed by atoms with Gasteiger partial charge in [-0.2, -0.15) is 0 Å². The van der Waals surface area contributed by atoms with Crippen LogP contribution in [-0.2, 0) is 6.54 Å². The number of aromatic nitrogens is 1. The summed E-state index contributed by atoms with van der Waals surface area (Å²) in [6.45, 7) is 4.30. The number of thiazole rings is 1. The molecule has 2 aliphatic rings. The number of hydrogen-bond donors (Lipinski definition) is 1. The third-order valence-electron chi connectivity index (χ3n) is 4.68. The molecule has 2 N–H and O–H groups in total. The summed E-state index contributed by atoms with van der Waals surface area (Å²) in [5, 5.41) is 3.27. The Kier molecular flexibility index (Phi) is 4.20. The average molecular weight is 279 g/mol. The highest BCUT2D eigenvalue weighted by atomic mass is 32.1. The lowest BCUT2D eigenvalue weighted by Gasteiger charge is -2.28. The van der Waals surface area contributed by atoms with E-state index in [9.17, 15) is 0 Å². The van der Waals surface area contributed by atoms with E-state index in [1.807, 2.05) is 6.92 Å². The molecule has 0 amide bonds. The minimum atomic E-state index is 0.0722. The standard InChI is InChI=1S/C15H25N3S/c1-11(16)15-17-13(10-19-15)9-18-8-4-7-14(18)12-5-2-3-6-12/h10-12,14H,2-9,16H2,1H3. The van der Waals surface area contributed by atoms with Gasteiger partial charge in [0, 0.05) is 18.0 Å². The largest absolute Gasteiger partial charge is 0.322 e. The van der Waals surface area contributed by atoms with Gasteiger partial charge in [0.15, 0.2) is 0 Å². The first-order chi connectivity index (χ1) is 9.24. The molecule has 0 radical (unpaired) electrons. The summed E-state index contributed by atoms with van der Waals surface area (Å²) < 4.78 is 0. The van der Waals surface area contributed by atoms with Crippen molar-refractivity contribution in [2.24, 2.45) is 11.7 Å². The lowest BCUT2D eigenvalue weighted by molar-refractivity contribution is 0.181. The van der Waals surface area contributed by atoms with Crippen LogP contribution in [0.5, 0.6) is 0 Å². The predicted molar refractivity (Wildman–Crippen MR) is 80.1 cm³/mol. The SMILES string of the molecule is CC(N)c1nc(CN2CCCC2C2CCCC2)cs1. The fourth-order valence-electron chi connectivity index (χ4n) is 3.74. The van der Waals surface area contributed by atoms with Gasteiger partial charge in [0.1, 0.15) is 5.01 Å². The lowest BCUT2D eigenvalue weighted by Crippen LogP contribution is -2.34. The van der Waals surface area contributed by atoms with E-state index in [0.717, 1.165) is 23.5 Å². The second-order valence-electron chi connectivity index (χ2n) is 6.19. The Balaban J connectivity index is 1.64. The van der Waals surface area contributed by atoms with Gasteiger partial charge in [-0.15, -0.1) is 11.3 Å². The van der Waals surface area contributed by atoms with Crippen molar-refractivity contribution in [1.82, 2.24) is 9.88 Å². The van der Waals surface area contributed by atoms with Crippen molar-refractivity contribution < 1.29 is 0 Å². The molecule has 2 heterocycles. The second kappa shape index (κ2) is 5.90. The topological polar surface area (TPSA) is 42.1 Å². The Labute approximate surface area is 120 Å². The molecule has 106 valence electrons. The van der Waals surface area contributed by atoms with Crippen LogP contribution >= 0.6 is 11.3 Å². The quantitative estimate of drug-likeness (QED) is 0.919. The fourth-order valence-corrected chi connectivity index (χ4v) is 4.51. The van der Waals surface area contributed by atoms with E-state index in [2.05, 4.69) is 15.3 Å². The molecule has 19 heavy (non-hydrogen) atoms. The number of rotatable bonds is 4. The highest BCUT2D eigenvalue weighted by molar-refractivity contribution is 7.09. The summed E-state index contributed by atoms with van der Waals surface area (Å²) >= 11 is 1.71. The van der Waals surface area contributed by atoms with E-state index < -0.39 is 0 Å². The smallest absolute Gasteiger partial charge is 0.109 e. The number of likely N-dealkylation sites (tertiary alicyclic amines) is 1. The van der Waals surface area contributed by atoms with E-state index >= 15 is 0 Å². The molecule has 2 atom stereocenters. The molecule has 3 nitrogen and oxygen atoms in total. The number of hydrogen-bond acceptors (Lipinski definition) is 4. The Bertz CT molecular complexity index is 409. The minimum absolute atomic E-state index is 0.0722.